The summed E-state index contributed by atoms with van der Waals surface area (Å²) in [6.07, 6.45) is 1.24. The van der Waals surface area contributed by atoms with Crippen LogP contribution in [0, 0.1) is 5.82 Å². The van der Waals surface area contributed by atoms with Gasteiger partial charge in [0.1, 0.15) is 11.6 Å². The molecule has 110 valence electrons. The molecule has 5 heteroatoms. The summed E-state index contributed by atoms with van der Waals surface area (Å²) in [5.74, 6) is -0.304. The fourth-order valence-corrected chi connectivity index (χ4v) is 2.19. The SMILES string of the molecule is CCN(C(=O)COc1ccc([C@H](C)O)c(F)c1)C1CC1. The van der Waals surface area contributed by atoms with Gasteiger partial charge in [-0.3, -0.25) is 4.79 Å². The number of hydrogen-bond donors (Lipinski definition) is 1. The molecular formula is C15H20FNO3. The van der Waals surface area contributed by atoms with E-state index in [4.69, 9.17) is 4.74 Å². The number of halogens is 1. The lowest BCUT2D eigenvalue weighted by Crippen LogP contribution is -2.36. The number of carbonyl (C=O) groups excluding carboxylic acids is 1. The van der Waals surface area contributed by atoms with Crippen LogP contribution in [0.1, 0.15) is 38.4 Å². The van der Waals surface area contributed by atoms with Gasteiger partial charge < -0.3 is 14.7 Å². The van der Waals surface area contributed by atoms with Crippen LogP contribution >= 0.6 is 0 Å². The fraction of sp³-hybridized carbons (Fsp3) is 0.533. The number of carbonyl (C=O) groups is 1. The van der Waals surface area contributed by atoms with Crippen molar-refractivity contribution in [3.8, 4) is 5.75 Å². The number of aliphatic hydroxyl groups is 1. The predicted molar refractivity (Wildman–Crippen MR) is 72.9 cm³/mol. The van der Waals surface area contributed by atoms with E-state index in [-0.39, 0.29) is 18.1 Å². The van der Waals surface area contributed by atoms with E-state index in [9.17, 15) is 14.3 Å². The van der Waals surface area contributed by atoms with Crippen molar-refractivity contribution < 1.29 is 19.0 Å². The summed E-state index contributed by atoms with van der Waals surface area (Å²) in [7, 11) is 0. The molecule has 1 amide bonds. The van der Waals surface area contributed by atoms with Crippen LogP contribution in [0.25, 0.3) is 0 Å². The molecule has 1 N–H and O–H groups in total. The average Bonchev–Trinajstić information content (AvgIpc) is 3.21. The number of benzene rings is 1. The lowest BCUT2D eigenvalue weighted by Gasteiger charge is -2.20. The number of likely N-dealkylation sites (N-methyl/N-ethyl adjacent to an activating group) is 1. The van der Waals surface area contributed by atoms with Crippen molar-refractivity contribution in [1.29, 1.82) is 0 Å². The van der Waals surface area contributed by atoms with Crippen LogP contribution in [-0.4, -0.2) is 35.1 Å². The van der Waals surface area contributed by atoms with Gasteiger partial charge in [0.2, 0.25) is 0 Å². The van der Waals surface area contributed by atoms with Crippen LogP contribution in [0.4, 0.5) is 4.39 Å². The van der Waals surface area contributed by atoms with Gasteiger partial charge >= 0.3 is 0 Å². The first-order valence-electron chi connectivity index (χ1n) is 6.92. The van der Waals surface area contributed by atoms with Crippen molar-refractivity contribution in [1.82, 2.24) is 4.90 Å². The first-order chi connectivity index (χ1) is 9.52. The fourth-order valence-electron chi connectivity index (χ4n) is 2.19. The minimum absolute atomic E-state index is 0.0741. The van der Waals surface area contributed by atoms with Gasteiger partial charge in [0.15, 0.2) is 6.61 Å². The molecule has 0 aliphatic heterocycles. The Morgan fingerprint density at radius 3 is 2.75 bits per heavy atom. The van der Waals surface area contributed by atoms with Crippen LogP contribution < -0.4 is 4.74 Å². The highest BCUT2D eigenvalue weighted by molar-refractivity contribution is 5.78. The number of rotatable bonds is 6. The number of nitrogens with zero attached hydrogens (tertiary/aromatic N) is 1. The third-order valence-electron chi connectivity index (χ3n) is 3.43. The van der Waals surface area contributed by atoms with E-state index in [0.717, 1.165) is 12.8 Å². The predicted octanol–water partition coefficient (Wildman–Crippen LogP) is 2.27. The van der Waals surface area contributed by atoms with Crippen molar-refractivity contribution >= 4 is 5.91 Å². The van der Waals surface area contributed by atoms with E-state index in [0.29, 0.717) is 18.3 Å². The normalized spacial score (nSPS) is 15.8. The first kappa shape index (κ1) is 14.8. The molecule has 1 aromatic rings. The summed E-state index contributed by atoms with van der Waals surface area (Å²) >= 11 is 0. The van der Waals surface area contributed by atoms with E-state index in [2.05, 4.69) is 0 Å². The molecule has 0 bridgehead atoms. The summed E-state index contributed by atoms with van der Waals surface area (Å²) in [5.41, 5.74) is 0.219. The molecule has 0 saturated heterocycles. The van der Waals surface area contributed by atoms with Crippen molar-refractivity contribution in [2.45, 2.75) is 38.8 Å². The third-order valence-corrected chi connectivity index (χ3v) is 3.43. The van der Waals surface area contributed by atoms with Gasteiger partial charge in [0.25, 0.3) is 5.91 Å². The Kier molecular flexibility index (Phi) is 4.60. The molecule has 0 spiro atoms. The zero-order valence-corrected chi connectivity index (χ0v) is 11.8. The van der Waals surface area contributed by atoms with Gasteiger partial charge in [-0.1, -0.05) is 0 Å². The first-order valence-corrected chi connectivity index (χ1v) is 6.92. The van der Waals surface area contributed by atoms with Crippen LogP contribution in [0.2, 0.25) is 0 Å². The van der Waals surface area contributed by atoms with Crippen molar-refractivity contribution in [3.63, 3.8) is 0 Å². The molecule has 1 aromatic carbocycles. The molecule has 0 unspecified atom stereocenters. The van der Waals surface area contributed by atoms with Crippen molar-refractivity contribution in [3.05, 3.63) is 29.6 Å². The smallest absolute Gasteiger partial charge is 0.260 e. The lowest BCUT2D eigenvalue weighted by atomic mass is 10.1. The molecular weight excluding hydrogens is 261 g/mol. The topological polar surface area (TPSA) is 49.8 Å². The maximum atomic E-state index is 13.7. The summed E-state index contributed by atoms with van der Waals surface area (Å²) in [5, 5.41) is 9.34. The van der Waals surface area contributed by atoms with Gasteiger partial charge in [0, 0.05) is 24.2 Å². The Morgan fingerprint density at radius 1 is 1.55 bits per heavy atom. The molecule has 0 aromatic heterocycles. The zero-order valence-electron chi connectivity index (χ0n) is 11.8. The van der Waals surface area contributed by atoms with Crippen molar-refractivity contribution in [2.75, 3.05) is 13.2 Å². The molecule has 2 rings (SSSR count). The minimum atomic E-state index is -0.865. The molecule has 0 radical (unpaired) electrons. The number of amides is 1. The summed E-state index contributed by atoms with van der Waals surface area (Å²) in [6, 6.07) is 4.58. The monoisotopic (exact) mass is 281 g/mol. The average molecular weight is 281 g/mol. The van der Waals surface area contributed by atoms with E-state index in [1.807, 2.05) is 6.92 Å². The molecule has 0 heterocycles. The molecule has 1 aliphatic carbocycles. The number of ether oxygens (including phenoxy) is 1. The highest BCUT2D eigenvalue weighted by Crippen LogP contribution is 2.27. The van der Waals surface area contributed by atoms with Crippen molar-refractivity contribution in [2.24, 2.45) is 0 Å². The maximum absolute atomic E-state index is 13.7. The Morgan fingerprint density at radius 2 is 2.25 bits per heavy atom. The molecule has 20 heavy (non-hydrogen) atoms. The number of hydrogen-bond acceptors (Lipinski definition) is 3. The van der Waals surface area contributed by atoms with E-state index < -0.39 is 11.9 Å². The summed E-state index contributed by atoms with van der Waals surface area (Å²) < 4.78 is 19.0. The van der Waals surface area contributed by atoms with Gasteiger partial charge in [-0.05, 0) is 38.8 Å². The molecule has 1 atom stereocenters. The standard InChI is InChI=1S/C15H20FNO3/c1-3-17(11-4-5-11)15(19)9-20-12-6-7-13(10(2)18)14(16)8-12/h6-8,10-11,18H,3-5,9H2,1-2H3/t10-/m0/s1. The minimum Gasteiger partial charge on any atom is -0.484 e. The maximum Gasteiger partial charge on any atom is 0.260 e. The quantitative estimate of drug-likeness (QED) is 0.870. The number of aliphatic hydroxyl groups excluding tert-OH is 1. The second-order valence-electron chi connectivity index (χ2n) is 5.06. The Bertz CT molecular complexity index is 486. The second kappa shape index (κ2) is 6.22. The zero-order chi connectivity index (χ0) is 14.7. The van der Waals surface area contributed by atoms with Gasteiger partial charge in [-0.2, -0.15) is 0 Å². The highest BCUT2D eigenvalue weighted by Gasteiger charge is 2.31. The molecule has 1 fully saturated rings. The summed E-state index contributed by atoms with van der Waals surface area (Å²) in [6.45, 7) is 4.02. The van der Waals surface area contributed by atoms with Gasteiger partial charge in [-0.15, -0.1) is 0 Å². The van der Waals surface area contributed by atoms with E-state index >= 15 is 0 Å². The Balaban J connectivity index is 1.93. The Hall–Kier alpha value is -1.62. The largest absolute Gasteiger partial charge is 0.484 e. The highest BCUT2D eigenvalue weighted by atomic mass is 19.1. The van der Waals surface area contributed by atoms with Crippen LogP contribution in [-0.2, 0) is 4.79 Å². The molecule has 1 saturated carbocycles. The van der Waals surface area contributed by atoms with Gasteiger partial charge in [0.05, 0.1) is 6.10 Å². The van der Waals surface area contributed by atoms with E-state index in [1.54, 1.807) is 11.0 Å². The van der Waals surface area contributed by atoms with Crippen LogP contribution in [0.5, 0.6) is 5.75 Å². The Labute approximate surface area is 118 Å². The lowest BCUT2D eigenvalue weighted by molar-refractivity contribution is -0.133. The molecule has 1 aliphatic rings. The van der Waals surface area contributed by atoms with Crippen LogP contribution in [0.3, 0.4) is 0 Å². The van der Waals surface area contributed by atoms with Crippen LogP contribution in [0.15, 0.2) is 18.2 Å². The van der Waals surface area contributed by atoms with E-state index in [1.165, 1.54) is 19.1 Å². The summed E-state index contributed by atoms with van der Waals surface area (Å²) in [4.78, 5) is 13.7. The second-order valence-corrected chi connectivity index (χ2v) is 5.06. The third kappa shape index (κ3) is 3.48. The molecule has 4 nitrogen and oxygen atoms in total. The van der Waals surface area contributed by atoms with Gasteiger partial charge in [-0.25, -0.2) is 4.39 Å².